The number of urea groups is 1. The number of carboxylic acids is 1. The molecule has 2 amide bonds. The number of amides is 2. The fourth-order valence-corrected chi connectivity index (χ4v) is 2.19. The molecule has 0 rings (SSSR count). The van der Waals surface area contributed by atoms with Gasteiger partial charge in [0, 0.05) is 19.6 Å². The second kappa shape index (κ2) is 11.4. The molecule has 1 unspecified atom stereocenters. The zero-order valence-corrected chi connectivity index (χ0v) is 13.8. The van der Waals surface area contributed by atoms with E-state index in [1.807, 2.05) is 13.8 Å². The molecule has 0 aromatic heterocycles. The maximum atomic E-state index is 11.6. The molecule has 0 bridgehead atoms. The van der Waals surface area contributed by atoms with Crippen molar-refractivity contribution in [3.63, 3.8) is 0 Å². The van der Waals surface area contributed by atoms with Crippen LogP contribution in [-0.2, 0) is 4.79 Å². The van der Waals surface area contributed by atoms with E-state index in [1.165, 1.54) is 0 Å². The van der Waals surface area contributed by atoms with Crippen LogP contribution in [0.1, 0.15) is 40.5 Å². The number of carboxylic acid groups (broad SMARTS) is 1. The SMILES string of the molecule is CCCN(CC)CCNC(=O)NCC(CC(C)C)C(=O)O. The molecule has 1 atom stereocenters. The third-order valence-electron chi connectivity index (χ3n) is 3.31. The summed E-state index contributed by atoms with van der Waals surface area (Å²) in [5.74, 6) is -1.09. The predicted octanol–water partition coefficient (Wildman–Crippen LogP) is 1.76. The highest BCUT2D eigenvalue weighted by Gasteiger charge is 2.19. The minimum Gasteiger partial charge on any atom is -0.481 e. The number of rotatable bonds is 11. The first-order valence-electron chi connectivity index (χ1n) is 7.87. The Morgan fingerprint density at radius 3 is 2.29 bits per heavy atom. The van der Waals surface area contributed by atoms with E-state index in [0.29, 0.717) is 18.9 Å². The summed E-state index contributed by atoms with van der Waals surface area (Å²) in [6.07, 6.45) is 1.66. The highest BCUT2D eigenvalue weighted by atomic mass is 16.4. The van der Waals surface area contributed by atoms with Gasteiger partial charge >= 0.3 is 12.0 Å². The van der Waals surface area contributed by atoms with Crippen molar-refractivity contribution in [1.82, 2.24) is 15.5 Å². The van der Waals surface area contributed by atoms with Crippen molar-refractivity contribution in [3.05, 3.63) is 0 Å². The van der Waals surface area contributed by atoms with Gasteiger partial charge in [0.05, 0.1) is 5.92 Å². The predicted molar refractivity (Wildman–Crippen MR) is 84.4 cm³/mol. The third kappa shape index (κ3) is 10.1. The number of hydrogen-bond donors (Lipinski definition) is 3. The molecule has 3 N–H and O–H groups in total. The molecule has 0 aromatic carbocycles. The normalized spacial score (nSPS) is 12.5. The summed E-state index contributed by atoms with van der Waals surface area (Å²) in [4.78, 5) is 25.0. The van der Waals surface area contributed by atoms with Gasteiger partial charge in [0.2, 0.25) is 0 Å². The fraction of sp³-hybridized carbons (Fsp3) is 0.867. The van der Waals surface area contributed by atoms with Crippen molar-refractivity contribution in [2.75, 3.05) is 32.7 Å². The molecule has 6 heteroatoms. The first-order chi connectivity index (χ1) is 9.90. The van der Waals surface area contributed by atoms with Crippen LogP contribution in [0.15, 0.2) is 0 Å². The van der Waals surface area contributed by atoms with Crippen LogP contribution in [0.25, 0.3) is 0 Å². The van der Waals surface area contributed by atoms with Gasteiger partial charge in [-0.05, 0) is 31.8 Å². The molecule has 0 saturated carbocycles. The Hall–Kier alpha value is -1.30. The van der Waals surface area contributed by atoms with Crippen LogP contribution in [0, 0.1) is 11.8 Å². The third-order valence-corrected chi connectivity index (χ3v) is 3.31. The highest BCUT2D eigenvalue weighted by Crippen LogP contribution is 2.10. The zero-order valence-electron chi connectivity index (χ0n) is 13.8. The molecule has 0 aromatic rings. The van der Waals surface area contributed by atoms with Gasteiger partial charge in [0.1, 0.15) is 0 Å². The maximum absolute atomic E-state index is 11.6. The molecular formula is C15H31N3O3. The Labute approximate surface area is 128 Å². The average Bonchev–Trinajstić information content (AvgIpc) is 2.41. The van der Waals surface area contributed by atoms with Gasteiger partial charge in [-0.25, -0.2) is 4.79 Å². The van der Waals surface area contributed by atoms with Gasteiger partial charge < -0.3 is 20.6 Å². The summed E-state index contributed by atoms with van der Waals surface area (Å²) in [6, 6.07) is -0.294. The molecule has 0 aliphatic carbocycles. The van der Waals surface area contributed by atoms with Crippen LogP contribution in [0.4, 0.5) is 4.79 Å². The molecule has 0 saturated heterocycles. The molecule has 124 valence electrons. The quantitative estimate of drug-likeness (QED) is 0.543. The maximum Gasteiger partial charge on any atom is 0.314 e. The minimum absolute atomic E-state index is 0.172. The number of carbonyl (C=O) groups excluding carboxylic acids is 1. The molecule has 0 aliphatic heterocycles. The van der Waals surface area contributed by atoms with Crippen molar-refractivity contribution in [2.45, 2.75) is 40.5 Å². The summed E-state index contributed by atoms with van der Waals surface area (Å²) in [5.41, 5.74) is 0. The Morgan fingerprint density at radius 1 is 1.14 bits per heavy atom. The van der Waals surface area contributed by atoms with Gasteiger partial charge in [0.15, 0.2) is 0 Å². The monoisotopic (exact) mass is 301 g/mol. The zero-order chi connectivity index (χ0) is 16.3. The summed E-state index contributed by atoms with van der Waals surface area (Å²) >= 11 is 0. The van der Waals surface area contributed by atoms with Crippen molar-refractivity contribution in [1.29, 1.82) is 0 Å². The van der Waals surface area contributed by atoms with E-state index < -0.39 is 11.9 Å². The molecule has 0 aliphatic rings. The lowest BCUT2D eigenvalue weighted by Gasteiger charge is -2.20. The molecule has 0 spiro atoms. The average molecular weight is 301 g/mol. The second-order valence-corrected chi connectivity index (χ2v) is 5.74. The Kier molecular flexibility index (Phi) is 10.7. The first kappa shape index (κ1) is 19.7. The number of nitrogens with zero attached hydrogens (tertiary/aromatic N) is 1. The van der Waals surface area contributed by atoms with E-state index in [2.05, 4.69) is 29.4 Å². The molecule has 0 radical (unpaired) electrons. The summed E-state index contributed by atoms with van der Waals surface area (Å²) in [5, 5.41) is 14.5. The van der Waals surface area contributed by atoms with Gasteiger partial charge in [-0.15, -0.1) is 0 Å². The molecule has 6 nitrogen and oxygen atoms in total. The first-order valence-corrected chi connectivity index (χ1v) is 7.87. The molecular weight excluding hydrogens is 270 g/mol. The largest absolute Gasteiger partial charge is 0.481 e. The minimum atomic E-state index is -0.857. The van der Waals surface area contributed by atoms with Crippen molar-refractivity contribution in [3.8, 4) is 0 Å². The van der Waals surface area contributed by atoms with Crippen LogP contribution in [0.3, 0.4) is 0 Å². The fourth-order valence-electron chi connectivity index (χ4n) is 2.19. The molecule has 0 fully saturated rings. The Bertz CT molecular complexity index is 309. The van der Waals surface area contributed by atoms with Gasteiger partial charge in [-0.3, -0.25) is 4.79 Å². The van der Waals surface area contributed by atoms with Crippen LogP contribution < -0.4 is 10.6 Å². The highest BCUT2D eigenvalue weighted by molar-refractivity contribution is 5.75. The molecule has 21 heavy (non-hydrogen) atoms. The summed E-state index contributed by atoms with van der Waals surface area (Å²) in [7, 11) is 0. The van der Waals surface area contributed by atoms with Crippen LogP contribution in [0.5, 0.6) is 0 Å². The Balaban J connectivity index is 3.94. The standard InChI is InChI=1S/C15H31N3O3/c1-5-8-18(6-2)9-7-16-15(21)17-11-13(14(19)20)10-12(3)4/h12-13H,5-11H2,1-4H3,(H,19,20)(H2,16,17,21). The van der Waals surface area contributed by atoms with Crippen molar-refractivity contribution in [2.24, 2.45) is 11.8 Å². The van der Waals surface area contributed by atoms with Crippen molar-refractivity contribution >= 4 is 12.0 Å². The van der Waals surface area contributed by atoms with E-state index in [1.54, 1.807) is 0 Å². The van der Waals surface area contributed by atoms with Crippen LogP contribution in [-0.4, -0.2) is 54.7 Å². The lowest BCUT2D eigenvalue weighted by Crippen LogP contribution is -2.43. The van der Waals surface area contributed by atoms with Crippen LogP contribution >= 0.6 is 0 Å². The number of carbonyl (C=O) groups is 2. The second-order valence-electron chi connectivity index (χ2n) is 5.74. The van der Waals surface area contributed by atoms with E-state index >= 15 is 0 Å². The van der Waals surface area contributed by atoms with E-state index in [0.717, 1.165) is 26.1 Å². The van der Waals surface area contributed by atoms with Gasteiger partial charge in [-0.2, -0.15) is 0 Å². The molecule has 0 heterocycles. The van der Waals surface area contributed by atoms with E-state index in [-0.39, 0.29) is 12.6 Å². The van der Waals surface area contributed by atoms with Gasteiger partial charge in [0.25, 0.3) is 0 Å². The lowest BCUT2D eigenvalue weighted by atomic mass is 9.97. The smallest absolute Gasteiger partial charge is 0.314 e. The lowest BCUT2D eigenvalue weighted by molar-refractivity contribution is -0.142. The van der Waals surface area contributed by atoms with Gasteiger partial charge in [-0.1, -0.05) is 27.7 Å². The summed E-state index contributed by atoms with van der Waals surface area (Å²) < 4.78 is 0. The topological polar surface area (TPSA) is 81.7 Å². The number of nitrogens with one attached hydrogen (secondary N) is 2. The summed E-state index contributed by atoms with van der Waals surface area (Å²) in [6.45, 7) is 11.7. The van der Waals surface area contributed by atoms with Crippen LogP contribution in [0.2, 0.25) is 0 Å². The number of aliphatic carboxylic acids is 1. The number of hydrogen-bond acceptors (Lipinski definition) is 3. The van der Waals surface area contributed by atoms with Crippen molar-refractivity contribution < 1.29 is 14.7 Å². The Morgan fingerprint density at radius 2 is 1.81 bits per heavy atom. The van der Waals surface area contributed by atoms with E-state index in [9.17, 15) is 9.59 Å². The van der Waals surface area contributed by atoms with E-state index in [4.69, 9.17) is 5.11 Å². The number of likely N-dealkylation sites (N-methyl/N-ethyl adjacent to an activating group) is 1.